The lowest BCUT2D eigenvalue weighted by Crippen LogP contribution is -2.17. The van der Waals surface area contributed by atoms with Gasteiger partial charge in [-0.3, -0.25) is 9.59 Å². The Kier molecular flexibility index (Phi) is 6.89. The summed E-state index contributed by atoms with van der Waals surface area (Å²) in [6.07, 6.45) is 0.104. The summed E-state index contributed by atoms with van der Waals surface area (Å²) in [7, 11) is 1.79. The maximum absolute atomic E-state index is 12.4. The molecule has 1 heterocycles. The highest BCUT2D eigenvalue weighted by Crippen LogP contribution is 2.19. The topological polar surface area (TPSA) is 88.9 Å². The fraction of sp³-hybridized carbons (Fsp3) is 0.273. The third-order valence-electron chi connectivity index (χ3n) is 4.50. The van der Waals surface area contributed by atoms with Crippen LogP contribution in [0.4, 0.5) is 11.4 Å². The number of carbonyl (C=O) groups excluding carboxylic acids is 2. The quantitative estimate of drug-likeness (QED) is 0.566. The lowest BCUT2D eigenvalue weighted by atomic mass is 10.1. The summed E-state index contributed by atoms with van der Waals surface area (Å²) in [6.45, 7) is 5.93. The Bertz CT molecular complexity index is 1060. The van der Waals surface area contributed by atoms with E-state index in [2.05, 4.69) is 26.9 Å². The summed E-state index contributed by atoms with van der Waals surface area (Å²) < 4.78 is 1.74. The molecular formula is C22H25N5O2S. The third kappa shape index (κ3) is 5.70. The first-order chi connectivity index (χ1) is 14.3. The van der Waals surface area contributed by atoms with Crippen LogP contribution in [0.5, 0.6) is 0 Å². The Morgan fingerprint density at radius 1 is 0.967 bits per heavy atom. The van der Waals surface area contributed by atoms with Crippen molar-refractivity contribution in [2.24, 2.45) is 7.05 Å². The van der Waals surface area contributed by atoms with Crippen LogP contribution in [0.15, 0.2) is 47.6 Å². The average molecular weight is 424 g/mol. The van der Waals surface area contributed by atoms with Crippen molar-refractivity contribution in [2.75, 3.05) is 16.4 Å². The molecule has 2 N–H and O–H groups in total. The van der Waals surface area contributed by atoms with Gasteiger partial charge in [0.2, 0.25) is 11.8 Å². The molecule has 0 aliphatic heterocycles. The Morgan fingerprint density at radius 2 is 1.67 bits per heavy atom. The summed E-state index contributed by atoms with van der Waals surface area (Å²) in [4.78, 5) is 24.6. The fourth-order valence-corrected chi connectivity index (χ4v) is 3.78. The van der Waals surface area contributed by atoms with E-state index < -0.39 is 0 Å². The van der Waals surface area contributed by atoms with Crippen LogP contribution < -0.4 is 10.6 Å². The molecule has 0 radical (unpaired) electrons. The van der Waals surface area contributed by atoms with Gasteiger partial charge >= 0.3 is 0 Å². The average Bonchev–Trinajstić information content (AvgIpc) is 3.01. The van der Waals surface area contributed by atoms with Gasteiger partial charge in [-0.2, -0.15) is 0 Å². The molecule has 7 nitrogen and oxygen atoms in total. The van der Waals surface area contributed by atoms with Crippen LogP contribution in [0.1, 0.15) is 22.5 Å². The second-order valence-electron chi connectivity index (χ2n) is 7.21. The maximum Gasteiger partial charge on any atom is 0.234 e. The summed E-state index contributed by atoms with van der Waals surface area (Å²) in [5.74, 6) is 0.461. The Morgan fingerprint density at radius 3 is 2.37 bits per heavy atom. The summed E-state index contributed by atoms with van der Waals surface area (Å²) >= 11 is 1.28. The molecule has 3 rings (SSSR count). The number of nitrogens with zero attached hydrogens (tertiary/aromatic N) is 3. The van der Waals surface area contributed by atoms with Gasteiger partial charge in [-0.05, 0) is 55.7 Å². The molecular weight excluding hydrogens is 398 g/mol. The molecule has 156 valence electrons. The van der Waals surface area contributed by atoms with Gasteiger partial charge in [-0.15, -0.1) is 10.2 Å². The van der Waals surface area contributed by atoms with E-state index in [-0.39, 0.29) is 24.0 Å². The zero-order valence-electron chi connectivity index (χ0n) is 17.5. The van der Waals surface area contributed by atoms with E-state index in [1.165, 1.54) is 11.8 Å². The molecule has 0 bridgehead atoms. The minimum Gasteiger partial charge on any atom is -0.325 e. The van der Waals surface area contributed by atoms with E-state index in [0.717, 1.165) is 28.1 Å². The van der Waals surface area contributed by atoms with Crippen molar-refractivity contribution in [3.63, 3.8) is 0 Å². The molecule has 0 aliphatic rings. The van der Waals surface area contributed by atoms with Crippen molar-refractivity contribution in [3.8, 4) is 0 Å². The molecule has 0 spiro atoms. The van der Waals surface area contributed by atoms with Crippen molar-refractivity contribution >= 4 is 35.0 Å². The first-order valence-corrected chi connectivity index (χ1v) is 10.5. The lowest BCUT2D eigenvalue weighted by molar-refractivity contribution is -0.116. The molecule has 0 unspecified atom stereocenters. The van der Waals surface area contributed by atoms with Crippen molar-refractivity contribution in [2.45, 2.75) is 32.3 Å². The zero-order valence-corrected chi connectivity index (χ0v) is 18.3. The highest BCUT2D eigenvalue weighted by molar-refractivity contribution is 7.99. The maximum atomic E-state index is 12.4. The van der Waals surface area contributed by atoms with Crippen LogP contribution in [-0.4, -0.2) is 32.3 Å². The van der Waals surface area contributed by atoms with Gasteiger partial charge in [-0.25, -0.2) is 0 Å². The SMILES string of the molecule is Cc1cc(C)cc(NC(=O)CSc2nnc(CC(=O)Nc3ccccc3C)n2C)c1. The predicted molar refractivity (Wildman–Crippen MR) is 120 cm³/mol. The van der Waals surface area contributed by atoms with Crippen LogP contribution in [0.3, 0.4) is 0 Å². The highest BCUT2D eigenvalue weighted by atomic mass is 32.2. The van der Waals surface area contributed by atoms with E-state index in [1.54, 1.807) is 11.6 Å². The number of anilines is 2. The number of nitrogens with one attached hydrogen (secondary N) is 2. The number of benzene rings is 2. The molecule has 0 saturated heterocycles. The van der Waals surface area contributed by atoms with Gasteiger partial charge in [0.25, 0.3) is 0 Å². The van der Waals surface area contributed by atoms with Crippen molar-refractivity contribution in [3.05, 3.63) is 65.0 Å². The number of hydrogen-bond acceptors (Lipinski definition) is 5. The van der Waals surface area contributed by atoms with Gasteiger partial charge in [0.15, 0.2) is 5.16 Å². The van der Waals surface area contributed by atoms with Crippen LogP contribution in [0, 0.1) is 20.8 Å². The number of amides is 2. The molecule has 0 atom stereocenters. The van der Waals surface area contributed by atoms with E-state index in [9.17, 15) is 9.59 Å². The number of hydrogen-bond donors (Lipinski definition) is 2. The minimum atomic E-state index is -0.163. The van der Waals surface area contributed by atoms with E-state index in [0.29, 0.717) is 11.0 Å². The Balaban J connectivity index is 1.55. The van der Waals surface area contributed by atoms with Crippen molar-refractivity contribution in [1.82, 2.24) is 14.8 Å². The van der Waals surface area contributed by atoms with Crippen LogP contribution in [0.2, 0.25) is 0 Å². The molecule has 2 amide bonds. The monoisotopic (exact) mass is 423 g/mol. The number of thioether (sulfide) groups is 1. The van der Waals surface area contributed by atoms with Gasteiger partial charge < -0.3 is 15.2 Å². The smallest absolute Gasteiger partial charge is 0.234 e. The molecule has 8 heteroatoms. The summed E-state index contributed by atoms with van der Waals surface area (Å²) in [5.41, 5.74) is 4.75. The molecule has 2 aromatic carbocycles. The number of aromatic nitrogens is 3. The van der Waals surface area contributed by atoms with E-state index in [4.69, 9.17) is 0 Å². The van der Waals surface area contributed by atoms with Gasteiger partial charge in [-0.1, -0.05) is 36.0 Å². The second-order valence-corrected chi connectivity index (χ2v) is 8.15. The molecule has 1 aromatic heterocycles. The summed E-state index contributed by atoms with van der Waals surface area (Å²) in [6, 6.07) is 13.5. The molecule has 30 heavy (non-hydrogen) atoms. The standard InChI is InChI=1S/C22H25N5O2S/c1-14-9-15(2)11-17(10-14)23-21(29)13-30-22-26-25-19(27(22)4)12-20(28)24-18-8-6-5-7-16(18)3/h5-11H,12-13H2,1-4H3,(H,23,29)(H,24,28). The van der Waals surface area contributed by atoms with Gasteiger partial charge in [0.1, 0.15) is 5.82 Å². The summed E-state index contributed by atoms with van der Waals surface area (Å²) in [5, 5.41) is 14.6. The third-order valence-corrected chi connectivity index (χ3v) is 5.52. The first kappa shape index (κ1) is 21.6. The Labute approximate surface area is 180 Å². The molecule has 0 saturated carbocycles. The number of carbonyl (C=O) groups is 2. The normalized spacial score (nSPS) is 10.7. The van der Waals surface area contributed by atoms with Crippen LogP contribution in [0.25, 0.3) is 0 Å². The van der Waals surface area contributed by atoms with Crippen LogP contribution >= 0.6 is 11.8 Å². The lowest BCUT2D eigenvalue weighted by Gasteiger charge is -2.08. The van der Waals surface area contributed by atoms with E-state index >= 15 is 0 Å². The highest BCUT2D eigenvalue weighted by Gasteiger charge is 2.15. The van der Waals surface area contributed by atoms with Crippen molar-refractivity contribution < 1.29 is 9.59 Å². The van der Waals surface area contributed by atoms with Gasteiger partial charge in [0.05, 0.1) is 12.2 Å². The molecule has 0 fully saturated rings. The second kappa shape index (κ2) is 9.58. The predicted octanol–water partition coefficient (Wildman–Crippen LogP) is 3.65. The molecule has 0 aliphatic carbocycles. The van der Waals surface area contributed by atoms with Crippen LogP contribution in [-0.2, 0) is 23.1 Å². The van der Waals surface area contributed by atoms with Gasteiger partial charge in [0, 0.05) is 18.4 Å². The molecule has 3 aromatic rings. The fourth-order valence-electron chi connectivity index (χ4n) is 3.05. The number of aryl methyl sites for hydroxylation is 3. The number of rotatable bonds is 7. The van der Waals surface area contributed by atoms with E-state index in [1.807, 2.05) is 57.2 Å². The Hall–Kier alpha value is -3.13. The minimum absolute atomic E-state index is 0.104. The van der Waals surface area contributed by atoms with Crippen molar-refractivity contribution in [1.29, 1.82) is 0 Å². The number of para-hydroxylation sites is 1. The first-order valence-electron chi connectivity index (χ1n) is 9.56. The zero-order chi connectivity index (χ0) is 21.7. The largest absolute Gasteiger partial charge is 0.325 e.